The van der Waals surface area contributed by atoms with E-state index in [1.54, 1.807) is 7.05 Å². The Morgan fingerprint density at radius 3 is 2.43 bits per heavy atom. The molecule has 0 atom stereocenters. The number of ether oxygens (including phenoxy) is 2. The molecule has 1 amide bonds. The fourth-order valence-corrected chi connectivity index (χ4v) is 2.57. The van der Waals surface area contributed by atoms with Crippen LogP contribution in [0.1, 0.15) is 22.8 Å². The van der Waals surface area contributed by atoms with E-state index in [-0.39, 0.29) is 16.3 Å². The highest BCUT2D eigenvalue weighted by molar-refractivity contribution is 6.33. The van der Waals surface area contributed by atoms with Gasteiger partial charge in [-0.2, -0.15) is 0 Å². The highest BCUT2D eigenvalue weighted by atomic mass is 35.5. The number of nitrogens with zero attached hydrogens (tertiary/aromatic N) is 2. The van der Waals surface area contributed by atoms with Crippen molar-refractivity contribution >= 4 is 29.2 Å². The van der Waals surface area contributed by atoms with Crippen LogP contribution in [0.15, 0.2) is 42.5 Å². The Bertz CT molecular complexity index is 869. The van der Waals surface area contributed by atoms with Crippen LogP contribution >= 0.6 is 11.6 Å². The summed E-state index contributed by atoms with van der Waals surface area (Å²) in [6.45, 7) is 2.33. The zero-order valence-corrected chi connectivity index (χ0v) is 16.1. The lowest BCUT2D eigenvalue weighted by Crippen LogP contribution is -2.30. The molecule has 0 N–H and O–H groups in total. The van der Waals surface area contributed by atoms with Gasteiger partial charge in [0.2, 0.25) is 0 Å². The lowest BCUT2D eigenvalue weighted by atomic mass is 10.2. The second-order valence-corrected chi connectivity index (χ2v) is 6.23. The number of likely N-dealkylation sites (N-methyl/N-ethyl adjacent to an activating group) is 1. The Kier molecular flexibility index (Phi) is 7.34. The third kappa shape index (κ3) is 5.68. The summed E-state index contributed by atoms with van der Waals surface area (Å²) in [5, 5.41) is 10.6. The van der Waals surface area contributed by atoms with Crippen molar-refractivity contribution in [2.45, 2.75) is 13.5 Å². The first kappa shape index (κ1) is 21.2. The quantitative estimate of drug-likeness (QED) is 0.378. The molecule has 0 aliphatic heterocycles. The Morgan fingerprint density at radius 1 is 1.18 bits per heavy atom. The number of hydrogen-bond acceptors (Lipinski definition) is 6. The normalized spacial score (nSPS) is 10.2. The van der Waals surface area contributed by atoms with Gasteiger partial charge in [0.15, 0.2) is 6.61 Å². The summed E-state index contributed by atoms with van der Waals surface area (Å²) in [5.74, 6) is -0.489. The maximum Gasteiger partial charge on any atom is 0.340 e. The number of non-ortho nitro benzene ring substituents is 1. The Balaban J connectivity index is 1.90. The molecule has 2 rings (SSSR count). The van der Waals surface area contributed by atoms with E-state index >= 15 is 0 Å². The number of halogens is 1. The number of esters is 1. The number of benzene rings is 2. The molecule has 148 valence electrons. The fourth-order valence-electron chi connectivity index (χ4n) is 2.32. The van der Waals surface area contributed by atoms with Crippen molar-refractivity contribution in [3.8, 4) is 5.75 Å². The van der Waals surface area contributed by atoms with E-state index in [0.717, 1.165) is 23.4 Å². The lowest BCUT2D eigenvalue weighted by Gasteiger charge is -2.17. The Labute approximate surface area is 166 Å². The molecular weight excluding hydrogens is 388 g/mol. The summed E-state index contributed by atoms with van der Waals surface area (Å²) in [6, 6.07) is 10.7. The van der Waals surface area contributed by atoms with Crippen LogP contribution in [0.5, 0.6) is 5.75 Å². The zero-order chi connectivity index (χ0) is 20.7. The first-order valence-electron chi connectivity index (χ1n) is 8.38. The van der Waals surface area contributed by atoms with Crippen molar-refractivity contribution in [1.82, 2.24) is 4.90 Å². The molecule has 0 radical (unpaired) electrons. The van der Waals surface area contributed by atoms with E-state index in [1.165, 1.54) is 11.0 Å². The van der Waals surface area contributed by atoms with Crippen molar-refractivity contribution in [1.29, 1.82) is 0 Å². The van der Waals surface area contributed by atoms with E-state index in [9.17, 15) is 19.7 Å². The molecule has 0 saturated carbocycles. The van der Waals surface area contributed by atoms with Crippen LogP contribution in [0.4, 0.5) is 5.69 Å². The van der Waals surface area contributed by atoms with Crippen LogP contribution in [-0.4, -0.2) is 42.0 Å². The monoisotopic (exact) mass is 406 g/mol. The highest BCUT2D eigenvalue weighted by Gasteiger charge is 2.18. The van der Waals surface area contributed by atoms with Crippen LogP contribution in [-0.2, 0) is 16.1 Å². The molecule has 0 saturated heterocycles. The molecule has 0 bridgehead atoms. The van der Waals surface area contributed by atoms with Crippen molar-refractivity contribution < 1.29 is 24.0 Å². The second-order valence-electron chi connectivity index (χ2n) is 5.82. The van der Waals surface area contributed by atoms with Gasteiger partial charge in [0.1, 0.15) is 5.75 Å². The van der Waals surface area contributed by atoms with Gasteiger partial charge in [0, 0.05) is 25.7 Å². The minimum atomic E-state index is -0.831. The predicted octanol–water partition coefficient (Wildman–Crippen LogP) is 3.46. The van der Waals surface area contributed by atoms with Gasteiger partial charge >= 0.3 is 5.97 Å². The average molecular weight is 407 g/mol. The number of rotatable bonds is 8. The Morgan fingerprint density at radius 2 is 1.86 bits per heavy atom. The first-order valence-corrected chi connectivity index (χ1v) is 8.76. The molecule has 0 unspecified atom stereocenters. The summed E-state index contributed by atoms with van der Waals surface area (Å²) in [5.41, 5.74) is 0.603. The molecule has 0 heterocycles. The third-order valence-corrected chi connectivity index (χ3v) is 4.10. The summed E-state index contributed by atoms with van der Waals surface area (Å²) >= 11 is 5.88. The molecule has 2 aromatic carbocycles. The van der Waals surface area contributed by atoms with E-state index in [0.29, 0.717) is 13.2 Å². The summed E-state index contributed by atoms with van der Waals surface area (Å²) in [7, 11) is 1.59. The summed E-state index contributed by atoms with van der Waals surface area (Å²) in [4.78, 5) is 35.7. The molecule has 0 fully saturated rings. The van der Waals surface area contributed by atoms with Crippen LogP contribution in [0.3, 0.4) is 0 Å². The maximum atomic E-state index is 12.2. The van der Waals surface area contributed by atoms with Gasteiger partial charge in [-0.1, -0.05) is 23.7 Å². The van der Waals surface area contributed by atoms with Crippen molar-refractivity contribution in [3.63, 3.8) is 0 Å². The van der Waals surface area contributed by atoms with Gasteiger partial charge in [-0.05, 0) is 30.7 Å². The summed E-state index contributed by atoms with van der Waals surface area (Å²) < 4.78 is 10.3. The van der Waals surface area contributed by atoms with Crippen molar-refractivity contribution in [2.75, 3.05) is 20.3 Å². The molecule has 28 heavy (non-hydrogen) atoms. The van der Waals surface area contributed by atoms with Crippen LogP contribution in [0.2, 0.25) is 5.02 Å². The van der Waals surface area contributed by atoms with E-state index in [1.807, 2.05) is 31.2 Å². The second kappa shape index (κ2) is 9.70. The van der Waals surface area contributed by atoms with E-state index in [4.69, 9.17) is 21.1 Å². The SMILES string of the molecule is CCOc1ccc(CN(C)C(=O)COC(=O)c2ccc([N+](=O)[O-])cc2Cl)cc1. The van der Waals surface area contributed by atoms with Gasteiger partial charge in [0.25, 0.3) is 11.6 Å². The smallest absolute Gasteiger partial charge is 0.340 e. The lowest BCUT2D eigenvalue weighted by molar-refractivity contribution is -0.384. The van der Waals surface area contributed by atoms with Gasteiger partial charge < -0.3 is 14.4 Å². The predicted molar refractivity (Wildman–Crippen MR) is 102 cm³/mol. The molecule has 0 aliphatic carbocycles. The molecule has 9 heteroatoms. The minimum Gasteiger partial charge on any atom is -0.494 e. The standard InChI is InChI=1S/C19H19ClN2O6/c1-3-27-15-7-4-13(5-8-15)11-21(2)18(23)12-28-19(24)16-9-6-14(22(25)26)10-17(16)20/h4-10H,3,11-12H2,1-2H3. The number of nitro groups is 1. The van der Waals surface area contributed by atoms with Gasteiger partial charge in [-0.3, -0.25) is 14.9 Å². The van der Waals surface area contributed by atoms with Crippen LogP contribution < -0.4 is 4.74 Å². The van der Waals surface area contributed by atoms with Crippen LogP contribution in [0.25, 0.3) is 0 Å². The molecule has 8 nitrogen and oxygen atoms in total. The first-order chi connectivity index (χ1) is 13.3. The van der Waals surface area contributed by atoms with Gasteiger partial charge in [-0.25, -0.2) is 4.79 Å². The molecule has 2 aromatic rings. The third-order valence-electron chi connectivity index (χ3n) is 3.79. The highest BCUT2D eigenvalue weighted by Crippen LogP contribution is 2.23. The number of amides is 1. The maximum absolute atomic E-state index is 12.2. The van der Waals surface area contributed by atoms with Gasteiger partial charge in [-0.15, -0.1) is 0 Å². The topological polar surface area (TPSA) is 99.0 Å². The van der Waals surface area contributed by atoms with Crippen molar-refractivity contribution in [3.05, 3.63) is 68.7 Å². The largest absolute Gasteiger partial charge is 0.494 e. The number of carbonyl (C=O) groups excluding carboxylic acids is 2. The van der Waals surface area contributed by atoms with Gasteiger partial charge in [0.05, 0.1) is 22.1 Å². The van der Waals surface area contributed by atoms with Crippen LogP contribution in [0, 0.1) is 10.1 Å². The fraction of sp³-hybridized carbons (Fsp3) is 0.263. The minimum absolute atomic E-state index is 0.0470. The molecular formula is C19H19ClN2O6. The van der Waals surface area contributed by atoms with E-state index < -0.39 is 23.4 Å². The molecule has 0 aliphatic rings. The number of nitro benzene ring substituents is 1. The molecule has 0 aromatic heterocycles. The van der Waals surface area contributed by atoms with E-state index in [2.05, 4.69) is 0 Å². The number of carbonyl (C=O) groups is 2. The Hall–Kier alpha value is -3.13. The molecule has 0 spiro atoms. The summed E-state index contributed by atoms with van der Waals surface area (Å²) in [6.07, 6.45) is 0. The zero-order valence-electron chi connectivity index (χ0n) is 15.4. The van der Waals surface area contributed by atoms with Crippen molar-refractivity contribution in [2.24, 2.45) is 0 Å². The average Bonchev–Trinajstić information content (AvgIpc) is 2.67. The number of hydrogen-bond donors (Lipinski definition) is 0.